The maximum absolute atomic E-state index is 13.0. The summed E-state index contributed by atoms with van der Waals surface area (Å²) in [6, 6.07) is 3.17. The Balaban J connectivity index is 1.71. The van der Waals surface area contributed by atoms with E-state index in [1.807, 2.05) is 10.7 Å². The molecule has 2 heterocycles. The molecule has 1 aliphatic rings. The summed E-state index contributed by atoms with van der Waals surface area (Å²) in [6.45, 7) is 9.50. The number of rotatable bonds is 15. The highest BCUT2D eigenvalue weighted by molar-refractivity contribution is 14.1. The molecular formula is C25H41IN4O6Si. The van der Waals surface area contributed by atoms with Crippen LogP contribution in [0.15, 0.2) is 12.3 Å². The average Bonchev–Trinajstić information content (AvgIpc) is 3.24. The third-order valence-electron chi connectivity index (χ3n) is 6.57. The number of ether oxygens (including phenoxy) is 5. The largest absolute Gasteiger partial charge is 0.461 e. The van der Waals surface area contributed by atoms with Crippen LogP contribution >= 0.6 is 22.6 Å². The van der Waals surface area contributed by atoms with E-state index < -0.39 is 13.7 Å². The summed E-state index contributed by atoms with van der Waals surface area (Å²) < 4.78 is 30.4. The predicted octanol–water partition coefficient (Wildman–Crippen LogP) is 4.31. The molecule has 1 saturated carbocycles. The summed E-state index contributed by atoms with van der Waals surface area (Å²) in [5, 5.41) is 7.89. The highest BCUT2D eigenvalue weighted by Gasteiger charge is 2.45. The van der Waals surface area contributed by atoms with Gasteiger partial charge in [0.2, 0.25) is 0 Å². The van der Waals surface area contributed by atoms with Gasteiger partial charge < -0.3 is 29.0 Å². The van der Waals surface area contributed by atoms with Crippen LogP contribution in [0.2, 0.25) is 25.7 Å². The topological polar surface area (TPSA) is 105 Å². The molecule has 1 aliphatic carbocycles. The van der Waals surface area contributed by atoms with Gasteiger partial charge in [0.15, 0.2) is 11.2 Å². The van der Waals surface area contributed by atoms with E-state index in [4.69, 9.17) is 28.7 Å². The fourth-order valence-electron chi connectivity index (χ4n) is 4.32. The number of methoxy groups -OCH3 is 2. The van der Waals surface area contributed by atoms with Crippen LogP contribution < -0.4 is 5.32 Å². The first-order valence-electron chi connectivity index (χ1n) is 12.8. The molecule has 1 fully saturated rings. The lowest BCUT2D eigenvalue weighted by Gasteiger charge is -2.37. The first kappa shape index (κ1) is 30.2. The molecule has 0 aliphatic heterocycles. The molecule has 0 atom stereocenters. The van der Waals surface area contributed by atoms with E-state index in [0.717, 1.165) is 46.2 Å². The number of nitrogens with one attached hydrogen (secondary N) is 1. The number of carbonyl (C=O) groups excluding carboxylic acids is 1. The van der Waals surface area contributed by atoms with Crippen LogP contribution in [0.3, 0.4) is 0 Å². The van der Waals surface area contributed by atoms with E-state index in [1.165, 1.54) is 0 Å². The molecule has 2 aromatic heterocycles. The van der Waals surface area contributed by atoms with Gasteiger partial charge in [-0.1, -0.05) is 19.6 Å². The van der Waals surface area contributed by atoms with Crippen molar-refractivity contribution in [2.24, 2.45) is 0 Å². The molecule has 3 rings (SSSR count). The number of halogens is 1. The molecule has 0 bridgehead atoms. The summed E-state index contributed by atoms with van der Waals surface area (Å²) in [5.41, 5.74) is 0.826. The van der Waals surface area contributed by atoms with Crippen LogP contribution in [0.5, 0.6) is 0 Å². The van der Waals surface area contributed by atoms with Gasteiger partial charge in [-0.15, -0.1) is 0 Å². The maximum Gasteiger partial charge on any atom is 0.338 e. The van der Waals surface area contributed by atoms with Crippen LogP contribution in [0, 0.1) is 3.57 Å². The van der Waals surface area contributed by atoms with Crippen LogP contribution in [0.1, 0.15) is 37.3 Å². The second-order valence-corrected chi connectivity index (χ2v) is 17.4. The van der Waals surface area contributed by atoms with Crippen molar-refractivity contribution in [3.63, 3.8) is 0 Å². The Kier molecular flexibility index (Phi) is 11.6. The van der Waals surface area contributed by atoms with Gasteiger partial charge >= 0.3 is 5.97 Å². The minimum atomic E-state index is -1.14. The molecule has 0 radical (unpaired) electrons. The molecule has 1 N–H and O–H groups in total. The van der Waals surface area contributed by atoms with E-state index in [9.17, 15) is 4.79 Å². The van der Waals surface area contributed by atoms with Crippen molar-refractivity contribution >= 4 is 48.1 Å². The molecule has 10 nitrogen and oxygen atoms in total. The molecule has 12 heteroatoms. The number of anilines is 1. The molecule has 0 saturated heterocycles. The van der Waals surface area contributed by atoms with Crippen molar-refractivity contribution in [2.45, 2.75) is 62.9 Å². The number of hydrogen-bond donors (Lipinski definition) is 1. The maximum atomic E-state index is 13.0. The van der Waals surface area contributed by atoms with Crippen molar-refractivity contribution in [1.82, 2.24) is 14.6 Å². The van der Waals surface area contributed by atoms with Gasteiger partial charge in [-0.3, -0.25) is 0 Å². The molecule has 0 amide bonds. The van der Waals surface area contributed by atoms with E-state index in [1.54, 1.807) is 14.2 Å². The Hall–Kier alpha value is -1.32. The lowest BCUT2D eigenvalue weighted by Crippen LogP contribution is -2.46. The summed E-state index contributed by atoms with van der Waals surface area (Å²) in [6.07, 6.45) is 4.44. The molecule has 37 heavy (non-hydrogen) atoms. The van der Waals surface area contributed by atoms with Crippen molar-refractivity contribution in [3.05, 3.63) is 21.5 Å². The zero-order chi connectivity index (χ0) is 26.9. The van der Waals surface area contributed by atoms with Gasteiger partial charge in [-0.05, 0) is 54.3 Å². The lowest BCUT2D eigenvalue weighted by atomic mass is 9.77. The van der Waals surface area contributed by atoms with Crippen LogP contribution in [-0.4, -0.2) is 88.2 Å². The highest BCUT2D eigenvalue weighted by Crippen LogP contribution is 2.41. The average molecular weight is 649 g/mol. The van der Waals surface area contributed by atoms with Gasteiger partial charge in [-0.25, -0.2) is 9.78 Å². The van der Waals surface area contributed by atoms with Gasteiger partial charge in [0.1, 0.15) is 19.2 Å². The minimum Gasteiger partial charge on any atom is -0.461 e. The Morgan fingerprint density at radius 1 is 1.14 bits per heavy atom. The first-order valence-corrected chi connectivity index (χ1v) is 17.6. The van der Waals surface area contributed by atoms with Gasteiger partial charge in [-0.2, -0.15) is 9.61 Å². The molecule has 0 aromatic carbocycles. The molecule has 208 valence electrons. The zero-order valence-corrected chi connectivity index (χ0v) is 25.8. The zero-order valence-electron chi connectivity index (χ0n) is 22.7. The summed E-state index contributed by atoms with van der Waals surface area (Å²) in [4.78, 5) is 18.0. The SMILES string of the molecule is COCCOC(=O)C1(OCCOC)CCC(c2cc(NCOCC[Si](C)(C)C)n3ncc(I)c3n2)CC1. The van der Waals surface area contributed by atoms with Crippen molar-refractivity contribution in [1.29, 1.82) is 0 Å². The Morgan fingerprint density at radius 3 is 2.51 bits per heavy atom. The fourth-order valence-corrected chi connectivity index (χ4v) is 5.55. The van der Waals surface area contributed by atoms with Gasteiger partial charge in [0.05, 0.1) is 29.6 Å². The predicted molar refractivity (Wildman–Crippen MR) is 153 cm³/mol. The monoisotopic (exact) mass is 648 g/mol. The van der Waals surface area contributed by atoms with E-state index in [0.29, 0.717) is 39.4 Å². The van der Waals surface area contributed by atoms with Crippen LogP contribution in [0.25, 0.3) is 5.65 Å². The number of carbonyl (C=O) groups is 1. The first-order chi connectivity index (χ1) is 17.7. The Bertz CT molecular complexity index is 1010. The standard InChI is InChI=1S/C25H41IN4O6Si/c1-32-10-12-35-24(31)25(36-13-11-33-2)8-6-19(7-9-25)21-16-22(27-18-34-14-15-37(3,4)5)30-23(29-21)20(26)17-28-30/h16-17,19,27H,6-15,18H2,1-5H3. The molecule has 0 unspecified atom stereocenters. The summed E-state index contributed by atoms with van der Waals surface area (Å²) in [5.74, 6) is 0.712. The van der Waals surface area contributed by atoms with Gasteiger partial charge in [0, 0.05) is 46.6 Å². The van der Waals surface area contributed by atoms with Crippen LogP contribution in [0.4, 0.5) is 5.82 Å². The number of hydrogen-bond acceptors (Lipinski definition) is 9. The number of fused-ring (bicyclic) bond motifs is 1. The Labute approximate surface area is 234 Å². The second-order valence-electron chi connectivity index (χ2n) is 10.6. The lowest BCUT2D eigenvalue weighted by molar-refractivity contribution is -0.180. The van der Waals surface area contributed by atoms with E-state index in [2.05, 4.69) is 58.7 Å². The summed E-state index contributed by atoms with van der Waals surface area (Å²) >= 11 is 2.26. The molecule has 0 spiro atoms. The number of esters is 1. The van der Waals surface area contributed by atoms with Gasteiger partial charge in [0.25, 0.3) is 0 Å². The highest BCUT2D eigenvalue weighted by atomic mass is 127. The van der Waals surface area contributed by atoms with Crippen molar-refractivity contribution in [3.8, 4) is 0 Å². The Morgan fingerprint density at radius 2 is 1.84 bits per heavy atom. The fraction of sp³-hybridized carbons (Fsp3) is 0.720. The normalized spacial score (nSPS) is 20.3. The molecular weight excluding hydrogens is 607 g/mol. The number of nitrogens with zero attached hydrogens (tertiary/aromatic N) is 3. The minimum absolute atomic E-state index is 0.190. The van der Waals surface area contributed by atoms with Crippen molar-refractivity contribution in [2.75, 3.05) is 59.3 Å². The van der Waals surface area contributed by atoms with Crippen molar-refractivity contribution < 1.29 is 28.5 Å². The third kappa shape index (κ3) is 8.58. The van der Waals surface area contributed by atoms with E-state index >= 15 is 0 Å². The van der Waals surface area contributed by atoms with Crippen LogP contribution in [-0.2, 0) is 28.5 Å². The third-order valence-corrected chi connectivity index (χ3v) is 9.04. The second kappa shape index (κ2) is 14.2. The number of aromatic nitrogens is 3. The van der Waals surface area contributed by atoms with E-state index in [-0.39, 0.29) is 18.5 Å². The molecule has 2 aromatic rings. The smallest absolute Gasteiger partial charge is 0.338 e. The quantitative estimate of drug-likeness (QED) is 0.0995. The summed E-state index contributed by atoms with van der Waals surface area (Å²) in [7, 11) is 2.06.